The number of hydrogen-bond donors (Lipinski definition) is 3. The van der Waals surface area contributed by atoms with Crippen LogP contribution >= 0.6 is 0 Å². The Labute approximate surface area is 183 Å². The van der Waals surface area contributed by atoms with Crippen molar-refractivity contribution in [3.63, 3.8) is 0 Å². The molecule has 167 valence electrons. The van der Waals surface area contributed by atoms with Crippen LogP contribution in [-0.4, -0.2) is 29.3 Å². The second-order valence-electron chi connectivity index (χ2n) is 8.56. The molecule has 0 saturated heterocycles. The fourth-order valence-electron chi connectivity index (χ4n) is 2.85. The second-order valence-corrected chi connectivity index (χ2v) is 8.56. The standard InChI is InChI=1S/C24H32N2O5/c1-17(22(28)19-13-9-6-10-14-19)26-31-21(27)15-20(24(2,3)4)25-23(29)30-16-18-11-7-5-8-12-18/h5-14,17,20,22,26,28H,15-16H2,1-4H3,(H,25,29)/q+1/t17-,20-,22-/m0/s1. The Morgan fingerprint density at radius 3 is 2.23 bits per heavy atom. The summed E-state index contributed by atoms with van der Waals surface area (Å²) in [7, 11) is 0. The van der Waals surface area contributed by atoms with Gasteiger partial charge in [-0.05, 0) is 28.9 Å². The number of nitrogens with one attached hydrogen (secondary N) is 2. The highest BCUT2D eigenvalue weighted by molar-refractivity contribution is 5.72. The molecule has 0 aromatic heterocycles. The fraction of sp³-hybridized carbons (Fsp3) is 0.417. The Bertz CT molecular complexity index is 821. The minimum atomic E-state index is -0.835. The molecule has 0 bridgehead atoms. The molecule has 0 aliphatic carbocycles. The van der Waals surface area contributed by atoms with E-state index in [1.165, 1.54) is 0 Å². The van der Waals surface area contributed by atoms with Crippen LogP contribution in [0.15, 0.2) is 60.7 Å². The van der Waals surface area contributed by atoms with Crippen LogP contribution in [-0.2, 0) is 21.0 Å². The van der Waals surface area contributed by atoms with Gasteiger partial charge in [-0.2, -0.15) is 4.84 Å². The van der Waals surface area contributed by atoms with Gasteiger partial charge in [0.1, 0.15) is 13.0 Å². The lowest BCUT2D eigenvalue weighted by Gasteiger charge is -2.29. The predicted octanol–water partition coefficient (Wildman–Crippen LogP) is 3.89. The maximum Gasteiger partial charge on any atom is 0.599 e. The third-order valence-electron chi connectivity index (χ3n) is 4.89. The molecule has 31 heavy (non-hydrogen) atoms. The summed E-state index contributed by atoms with van der Waals surface area (Å²) in [5.41, 5.74) is 3.78. The van der Waals surface area contributed by atoms with Crippen molar-refractivity contribution < 1.29 is 24.3 Å². The Morgan fingerprint density at radius 2 is 1.65 bits per heavy atom. The van der Waals surface area contributed by atoms with Crippen molar-refractivity contribution in [3.8, 4) is 0 Å². The molecule has 0 aliphatic heterocycles. The lowest BCUT2D eigenvalue weighted by atomic mass is 9.85. The first-order valence-electron chi connectivity index (χ1n) is 10.3. The van der Waals surface area contributed by atoms with Gasteiger partial charge in [0.2, 0.25) is 0 Å². The summed E-state index contributed by atoms with van der Waals surface area (Å²) in [5.74, 6) is -0.546. The van der Waals surface area contributed by atoms with Crippen LogP contribution < -0.4 is 10.8 Å². The monoisotopic (exact) mass is 428 g/mol. The molecule has 0 saturated carbocycles. The van der Waals surface area contributed by atoms with Gasteiger partial charge >= 0.3 is 12.1 Å². The Morgan fingerprint density at radius 1 is 1.06 bits per heavy atom. The Hall–Kier alpha value is -2.90. The molecule has 7 nitrogen and oxygen atoms in total. The zero-order valence-corrected chi connectivity index (χ0v) is 18.5. The molecule has 0 fully saturated rings. The van der Waals surface area contributed by atoms with Gasteiger partial charge in [-0.15, -0.1) is 0 Å². The first kappa shape index (κ1) is 24.4. The van der Waals surface area contributed by atoms with Crippen LogP contribution in [0.2, 0.25) is 0 Å². The number of aliphatic hydroxyl groups is 1. The van der Waals surface area contributed by atoms with Crippen LogP contribution in [0.3, 0.4) is 0 Å². The molecule has 0 spiro atoms. The van der Waals surface area contributed by atoms with E-state index < -0.39 is 35.7 Å². The molecule has 1 radical (unpaired) electrons. The number of alkyl carbamates (subject to hydrolysis) is 1. The molecule has 2 rings (SSSR count). The summed E-state index contributed by atoms with van der Waals surface area (Å²) in [4.78, 5) is 29.7. The van der Waals surface area contributed by atoms with Crippen molar-refractivity contribution in [2.45, 2.75) is 58.9 Å². The minimum absolute atomic E-state index is 0.0505. The highest BCUT2D eigenvalue weighted by Gasteiger charge is 2.35. The topological polar surface area (TPSA) is 99.7 Å². The van der Waals surface area contributed by atoms with E-state index in [-0.39, 0.29) is 13.0 Å². The van der Waals surface area contributed by atoms with E-state index in [9.17, 15) is 14.7 Å². The molecule has 2 aromatic rings. The van der Waals surface area contributed by atoms with E-state index in [0.717, 1.165) is 5.56 Å². The van der Waals surface area contributed by atoms with E-state index in [1.807, 2.05) is 69.3 Å². The van der Waals surface area contributed by atoms with E-state index in [0.29, 0.717) is 5.56 Å². The lowest BCUT2D eigenvalue weighted by Crippen LogP contribution is -2.46. The number of hydrogen-bond acceptors (Lipinski definition) is 6. The van der Waals surface area contributed by atoms with Crippen LogP contribution in [0, 0.1) is 5.41 Å². The lowest BCUT2D eigenvalue weighted by molar-refractivity contribution is -0.155. The van der Waals surface area contributed by atoms with Gasteiger partial charge in [-0.3, -0.25) is 0 Å². The SMILES string of the molecule is C[C@H](NOC(=[O+])C[C@H](NC(=O)OCc1ccccc1)C(C)(C)C)[C@H](O)c1ccccc1. The Balaban J connectivity index is 1.84. The maximum atomic E-state index is 12.4. The van der Waals surface area contributed by atoms with Crippen molar-refractivity contribution in [2.75, 3.05) is 0 Å². The highest BCUT2D eigenvalue weighted by atomic mass is 16.7. The van der Waals surface area contributed by atoms with Crippen molar-refractivity contribution in [1.82, 2.24) is 10.8 Å². The number of ether oxygens (including phenoxy) is 1. The van der Waals surface area contributed by atoms with Gasteiger partial charge in [-0.25, -0.2) is 4.79 Å². The molecule has 2 aromatic carbocycles. The molecule has 1 amide bonds. The number of rotatable bonds is 9. The van der Waals surface area contributed by atoms with E-state index >= 15 is 0 Å². The van der Waals surface area contributed by atoms with E-state index in [1.54, 1.807) is 19.1 Å². The minimum Gasteiger partial charge on any atom is -0.445 e. The van der Waals surface area contributed by atoms with Crippen molar-refractivity contribution in [3.05, 3.63) is 71.8 Å². The summed E-state index contributed by atoms with van der Waals surface area (Å²) in [6, 6.07) is 17.4. The third kappa shape index (κ3) is 8.39. The van der Waals surface area contributed by atoms with Crippen LogP contribution in [0.25, 0.3) is 0 Å². The number of amides is 1. The predicted molar refractivity (Wildman–Crippen MR) is 118 cm³/mol. The smallest absolute Gasteiger partial charge is 0.445 e. The summed E-state index contributed by atoms with van der Waals surface area (Å²) < 4.78 is 5.26. The molecular weight excluding hydrogens is 396 g/mol. The first-order chi connectivity index (χ1) is 14.7. The van der Waals surface area contributed by atoms with Gasteiger partial charge in [0.15, 0.2) is 0 Å². The van der Waals surface area contributed by atoms with E-state index in [2.05, 4.69) is 10.8 Å². The number of hydroxylamine groups is 1. The first-order valence-corrected chi connectivity index (χ1v) is 10.3. The van der Waals surface area contributed by atoms with Crippen LogP contribution in [0.4, 0.5) is 4.79 Å². The maximum absolute atomic E-state index is 12.4. The van der Waals surface area contributed by atoms with Crippen molar-refractivity contribution in [1.29, 1.82) is 0 Å². The average molecular weight is 429 g/mol. The fourth-order valence-corrected chi connectivity index (χ4v) is 2.85. The van der Waals surface area contributed by atoms with Gasteiger partial charge < -0.3 is 15.2 Å². The van der Waals surface area contributed by atoms with Crippen molar-refractivity contribution in [2.24, 2.45) is 5.41 Å². The van der Waals surface area contributed by atoms with Gasteiger partial charge in [0.25, 0.3) is 0 Å². The molecule has 0 unspecified atom stereocenters. The van der Waals surface area contributed by atoms with Crippen molar-refractivity contribution >= 4 is 12.1 Å². The highest BCUT2D eigenvalue weighted by Crippen LogP contribution is 2.23. The summed E-state index contributed by atoms with van der Waals surface area (Å²) in [5, 5.41) is 13.1. The van der Waals surface area contributed by atoms with Gasteiger partial charge in [0.05, 0.1) is 23.0 Å². The largest absolute Gasteiger partial charge is 0.599 e. The molecule has 3 atom stereocenters. The quantitative estimate of drug-likeness (QED) is 0.414. The normalized spacial score (nSPS) is 14.2. The molecule has 0 aliphatic rings. The summed E-state index contributed by atoms with van der Waals surface area (Å²) >= 11 is 0. The summed E-state index contributed by atoms with van der Waals surface area (Å²) in [6.07, 6.45) is -1.48. The van der Waals surface area contributed by atoms with Gasteiger partial charge in [0, 0.05) is 0 Å². The third-order valence-corrected chi connectivity index (χ3v) is 4.89. The molecule has 3 N–H and O–H groups in total. The van der Waals surface area contributed by atoms with Gasteiger partial charge in [-0.1, -0.05) is 81.4 Å². The average Bonchev–Trinajstić information content (AvgIpc) is 2.75. The molecular formula is C24H32N2O5+. The Kier molecular flexibility index (Phi) is 9.03. The van der Waals surface area contributed by atoms with E-state index in [4.69, 9.17) is 9.57 Å². The summed E-state index contributed by atoms with van der Waals surface area (Å²) in [6.45, 7) is 7.60. The number of benzene rings is 2. The zero-order valence-electron chi connectivity index (χ0n) is 18.5. The molecule has 0 heterocycles. The number of carbonyl (C=O) groups is 2. The van der Waals surface area contributed by atoms with Crippen LogP contribution in [0.1, 0.15) is 51.3 Å². The number of carbonyl (C=O) groups excluding carboxylic acids is 2. The second kappa shape index (κ2) is 11.5. The molecule has 7 heteroatoms. The van der Waals surface area contributed by atoms with Crippen LogP contribution in [0.5, 0.6) is 0 Å². The zero-order chi connectivity index (χ0) is 22.9. The number of aliphatic hydroxyl groups excluding tert-OH is 1.